The van der Waals surface area contributed by atoms with Crippen molar-refractivity contribution in [3.05, 3.63) is 40.4 Å². The van der Waals surface area contributed by atoms with Gasteiger partial charge in [-0.05, 0) is 17.7 Å². The van der Waals surface area contributed by atoms with Gasteiger partial charge in [0, 0.05) is 10.6 Å². The lowest BCUT2D eigenvalue weighted by Gasteiger charge is -2.19. The number of halogens is 1. The third kappa shape index (κ3) is 2.19. The zero-order valence-corrected chi connectivity index (χ0v) is 8.75. The molecule has 1 N–H and O–H groups in total. The average molecular weight is 224 g/mol. The van der Waals surface area contributed by atoms with Crippen LogP contribution in [0.25, 0.3) is 5.70 Å². The molecule has 0 saturated carbocycles. The molecule has 3 nitrogen and oxygen atoms in total. The number of rotatable bonds is 2. The molecule has 15 heavy (non-hydrogen) atoms. The fourth-order valence-electron chi connectivity index (χ4n) is 1.47. The number of ether oxygens (including phenoxy) is 1. The van der Waals surface area contributed by atoms with Crippen LogP contribution in [0.15, 0.2) is 29.8 Å². The normalized spacial score (nSPS) is 16.1. The maximum Gasteiger partial charge on any atom is 0.150 e. The second kappa shape index (κ2) is 4.47. The highest BCUT2D eigenvalue weighted by Crippen LogP contribution is 2.20. The van der Waals surface area contributed by atoms with E-state index in [2.05, 4.69) is 5.32 Å². The van der Waals surface area contributed by atoms with Crippen LogP contribution in [0.5, 0.6) is 0 Å². The molecule has 0 spiro atoms. The number of nitrogens with one attached hydrogen (secondary N) is 1. The Balaban J connectivity index is 2.39. The van der Waals surface area contributed by atoms with Crippen LogP contribution in [-0.4, -0.2) is 19.6 Å². The summed E-state index contributed by atoms with van der Waals surface area (Å²) in [6, 6.07) is 7.34. The van der Waals surface area contributed by atoms with Crippen molar-refractivity contribution >= 4 is 23.6 Å². The lowest BCUT2D eigenvalue weighted by molar-refractivity contribution is -0.105. The summed E-state index contributed by atoms with van der Waals surface area (Å²) in [7, 11) is 0. The zero-order chi connectivity index (χ0) is 10.7. The van der Waals surface area contributed by atoms with Crippen molar-refractivity contribution < 1.29 is 9.53 Å². The van der Waals surface area contributed by atoms with Crippen molar-refractivity contribution in [1.82, 2.24) is 5.32 Å². The minimum atomic E-state index is 0.356. The Kier molecular flexibility index (Phi) is 3.04. The van der Waals surface area contributed by atoms with Crippen LogP contribution in [0.4, 0.5) is 0 Å². The first-order valence-electron chi connectivity index (χ1n) is 4.57. The van der Waals surface area contributed by atoms with Crippen molar-refractivity contribution in [2.45, 2.75) is 0 Å². The molecular weight excluding hydrogens is 214 g/mol. The van der Waals surface area contributed by atoms with E-state index in [-0.39, 0.29) is 0 Å². The summed E-state index contributed by atoms with van der Waals surface area (Å²) in [6.45, 7) is 0.782. The highest BCUT2D eigenvalue weighted by molar-refractivity contribution is 6.30. The quantitative estimate of drug-likeness (QED) is 0.778. The predicted molar refractivity (Wildman–Crippen MR) is 58.4 cm³/mol. The number of carbonyl (C=O) groups excluding carboxylic acids is 1. The highest BCUT2D eigenvalue weighted by Gasteiger charge is 2.13. The molecule has 0 bridgehead atoms. The summed E-state index contributed by atoms with van der Waals surface area (Å²) in [4.78, 5) is 10.8. The number of hydrogen-bond donors (Lipinski definition) is 1. The van der Waals surface area contributed by atoms with Gasteiger partial charge in [0.1, 0.15) is 13.0 Å². The molecule has 0 aliphatic carbocycles. The van der Waals surface area contributed by atoms with Gasteiger partial charge in [-0.1, -0.05) is 23.7 Å². The molecule has 2 rings (SSSR count). The van der Waals surface area contributed by atoms with Gasteiger partial charge in [-0.2, -0.15) is 0 Å². The Morgan fingerprint density at radius 3 is 2.73 bits per heavy atom. The van der Waals surface area contributed by atoms with E-state index in [9.17, 15) is 4.79 Å². The molecule has 4 heteroatoms. The molecule has 0 amide bonds. The molecule has 0 saturated heterocycles. The highest BCUT2D eigenvalue weighted by atomic mass is 35.5. The van der Waals surface area contributed by atoms with Crippen LogP contribution >= 0.6 is 11.6 Å². The van der Waals surface area contributed by atoms with Crippen molar-refractivity contribution in [1.29, 1.82) is 0 Å². The lowest BCUT2D eigenvalue weighted by atomic mass is 10.1. The second-order valence-corrected chi connectivity index (χ2v) is 3.63. The maximum atomic E-state index is 10.8. The van der Waals surface area contributed by atoms with E-state index in [0.717, 1.165) is 17.5 Å². The monoisotopic (exact) mass is 223 g/mol. The first-order valence-corrected chi connectivity index (χ1v) is 4.95. The van der Waals surface area contributed by atoms with Gasteiger partial charge in [-0.3, -0.25) is 4.79 Å². The number of hydrogen-bond acceptors (Lipinski definition) is 3. The Morgan fingerprint density at radius 1 is 1.33 bits per heavy atom. The molecule has 1 heterocycles. The van der Waals surface area contributed by atoms with Crippen molar-refractivity contribution in [3.63, 3.8) is 0 Å². The minimum Gasteiger partial charge on any atom is -0.362 e. The van der Waals surface area contributed by atoms with Crippen molar-refractivity contribution in [2.75, 3.05) is 13.3 Å². The summed E-state index contributed by atoms with van der Waals surface area (Å²) in [5, 5.41) is 3.72. The maximum absolute atomic E-state index is 10.8. The molecule has 1 aliphatic rings. The summed E-state index contributed by atoms with van der Waals surface area (Å²) in [6.07, 6.45) is 0.816. The number of aldehydes is 1. The van der Waals surface area contributed by atoms with Gasteiger partial charge in [0.2, 0.25) is 0 Å². The molecule has 78 valence electrons. The molecule has 1 aromatic rings. The summed E-state index contributed by atoms with van der Waals surface area (Å²) >= 11 is 5.79. The minimum absolute atomic E-state index is 0.356. The standard InChI is InChI=1S/C11H10ClNO2/c12-10-3-1-8(2-4-10)11-9(5-14)6-15-7-13-11/h1-5,13H,6-7H2. The Bertz CT molecular complexity index is 398. The smallest absolute Gasteiger partial charge is 0.150 e. The van der Waals surface area contributed by atoms with E-state index in [1.54, 1.807) is 12.1 Å². The molecule has 1 aliphatic heterocycles. The van der Waals surface area contributed by atoms with Crippen LogP contribution in [0.1, 0.15) is 5.56 Å². The topological polar surface area (TPSA) is 38.3 Å². The van der Waals surface area contributed by atoms with Crippen LogP contribution in [0, 0.1) is 0 Å². The van der Waals surface area contributed by atoms with E-state index in [4.69, 9.17) is 16.3 Å². The van der Waals surface area contributed by atoms with E-state index >= 15 is 0 Å². The van der Waals surface area contributed by atoms with Gasteiger partial charge in [-0.15, -0.1) is 0 Å². The van der Waals surface area contributed by atoms with E-state index in [0.29, 0.717) is 23.9 Å². The second-order valence-electron chi connectivity index (χ2n) is 3.19. The number of benzene rings is 1. The van der Waals surface area contributed by atoms with Gasteiger partial charge >= 0.3 is 0 Å². The van der Waals surface area contributed by atoms with E-state index < -0.39 is 0 Å². The Morgan fingerprint density at radius 2 is 2.07 bits per heavy atom. The van der Waals surface area contributed by atoms with E-state index in [1.165, 1.54) is 0 Å². The molecule has 0 unspecified atom stereocenters. The van der Waals surface area contributed by atoms with Gasteiger partial charge < -0.3 is 10.1 Å². The largest absolute Gasteiger partial charge is 0.362 e. The molecule has 0 radical (unpaired) electrons. The Hall–Kier alpha value is -1.32. The van der Waals surface area contributed by atoms with Crippen LogP contribution in [0.3, 0.4) is 0 Å². The first kappa shape index (κ1) is 10.2. The molecule has 0 fully saturated rings. The summed E-state index contributed by atoms with van der Waals surface area (Å²) < 4.78 is 5.12. The fraction of sp³-hybridized carbons (Fsp3) is 0.182. The molecule has 0 aromatic heterocycles. The summed E-state index contributed by atoms with van der Waals surface area (Å²) in [5.41, 5.74) is 2.40. The van der Waals surface area contributed by atoms with Gasteiger partial charge in [0.25, 0.3) is 0 Å². The average Bonchev–Trinajstić information content (AvgIpc) is 2.30. The number of carbonyl (C=O) groups is 1. The van der Waals surface area contributed by atoms with Gasteiger partial charge in [-0.25, -0.2) is 0 Å². The lowest BCUT2D eigenvalue weighted by Crippen LogP contribution is -2.25. The summed E-state index contributed by atoms with van der Waals surface area (Å²) in [5.74, 6) is 0. The van der Waals surface area contributed by atoms with E-state index in [1.807, 2.05) is 12.1 Å². The molecule has 1 aromatic carbocycles. The van der Waals surface area contributed by atoms with Crippen molar-refractivity contribution in [2.24, 2.45) is 0 Å². The first-order chi connectivity index (χ1) is 7.31. The SMILES string of the molecule is O=CC1=C(c2ccc(Cl)cc2)NCOC1. The Labute approximate surface area is 92.7 Å². The van der Waals surface area contributed by atoms with Gasteiger partial charge in [0.15, 0.2) is 0 Å². The fourth-order valence-corrected chi connectivity index (χ4v) is 1.59. The van der Waals surface area contributed by atoms with Gasteiger partial charge in [0.05, 0.1) is 12.3 Å². The third-order valence-corrected chi connectivity index (χ3v) is 2.46. The van der Waals surface area contributed by atoms with Crippen molar-refractivity contribution in [3.8, 4) is 0 Å². The van der Waals surface area contributed by atoms with Crippen LogP contribution < -0.4 is 5.32 Å². The van der Waals surface area contributed by atoms with Crippen LogP contribution in [0.2, 0.25) is 5.02 Å². The zero-order valence-electron chi connectivity index (χ0n) is 8.00. The predicted octanol–water partition coefficient (Wildman–Crippen LogP) is 1.83. The molecular formula is C11H10ClNO2. The van der Waals surface area contributed by atoms with Crippen LogP contribution in [-0.2, 0) is 9.53 Å². The molecule has 0 atom stereocenters. The third-order valence-electron chi connectivity index (χ3n) is 2.20.